The Morgan fingerprint density at radius 3 is 1.90 bits per heavy atom. The standard InChI is InChI=1S/C15H25NO4/c1-7-8(2)10(16-20)9-11(17)14(3,4)13(19)15(5,6)12(9)18/h8-9,13,19-20H,7H2,1-6H3/b16-10+. The molecule has 1 fully saturated rings. The summed E-state index contributed by atoms with van der Waals surface area (Å²) >= 11 is 0. The van der Waals surface area contributed by atoms with Gasteiger partial charge in [0, 0.05) is 0 Å². The van der Waals surface area contributed by atoms with Crippen LogP contribution in [0.1, 0.15) is 48.0 Å². The number of hydrogen-bond donors (Lipinski definition) is 2. The van der Waals surface area contributed by atoms with Crippen molar-refractivity contribution in [1.29, 1.82) is 0 Å². The van der Waals surface area contributed by atoms with Crippen molar-refractivity contribution >= 4 is 17.3 Å². The molecule has 1 unspecified atom stereocenters. The molecule has 2 N–H and O–H groups in total. The Morgan fingerprint density at radius 1 is 1.20 bits per heavy atom. The number of oxime groups is 1. The molecule has 1 saturated carbocycles. The average Bonchev–Trinajstić information content (AvgIpc) is 2.39. The molecule has 0 saturated heterocycles. The fourth-order valence-electron chi connectivity index (χ4n) is 2.95. The lowest BCUT2D eigenvalue weighted by molar-refractivity contribution is -0.163. The third-order valence-corrected chi connectivity index (χ3v) is 4.69. The summed E-state index contributed by atoms with van der Waals surface area (Å²) in [6.45, 7) is 10.2. The lowest BCUT2D eigenvalue weighted by Crippen LogP contribution is -2.62. The fourth-order valence-corrected chi connectivity index (χ4v) is 2.95. The molecule has 114 valence electrons. The summed E-state index contributed by atoms with van der Waals surface area (Å²) in [5, 5.41) is 22.8. The van der Waals surface area contributed by atoms with E-state index in [-0.39, 0.29) is 23.2 Å². The van der Waals surface area contributed by atoms with E-state index in [0.29, 0.717) is 6.42 Å². The second-order valence-electron chi connectivity index (χ2n) is 6.84. The average molecular weight is 283 g/mol. The Bertz CT molecular complexity index is 423. The Labute approximate surface area is 120 Å². The predicted molar refractivity (Wildman–Crippen MR) is 75.7 cm³/mol. The van der Waals surface area contributed by atoms with Crippen LogP contribution in [0.5, 0.6) is 0 Å². The van der Waals surface area contributed by atoms with E-state index in [1.807, 2.05) is 13.8 Å². The highest BCUT2D eigenvalue weighted by Gasteiger charge is 2.59. The minimum absolute atomic E-state index is 0.167. The van der Waals surface area contributed by atoms with Crippen molar-refractivity contribution < 1.29 is 19.9 Å². The quantitative estimate of drug-likeness (QED) is 0.359. The second kappa shape index (κ2) is 5.28. The van der Waals surface area contributed by atoms with Gasteiger partial charge in [0.05, 0.1) is 22.6 Å². The van der Waals surface area contributed by atoms with E-state index >= 15 is 0 Å². The first-order valence-corrected chi connectivity index (χ1v) is 7.01. The van der Waals surface area contributed by atoms with Gasteiger partial charge in [-0.05, 0) is 12.3 Å². The number of hydrogen-bond acceptors (Lipinski definition) is 5. The molecule has 0 aliphatic heterocycles. The maximum absolute atomic E-state index is 12.6. The third kappa shape index (κ3) is 2.28. The van der Waals surface area contributed by atoms with E-state index < -0.39 is 22.9 Å². The van der Waals surface area contributed by atoms with Gasteiger partial charge in [-0.3, -0.25) is 9.59 Å². The van der Waals surface area contributed by atoms with Crippen LogP contribution in [-0.2, 0) is 9.59 Å². The first-order valence-electron chi connectivity index (χ1n) is 7.01. The van der Waals surface area contributed by atoms with Crippen molar-refractivity contribution in [1.82, 2.24) is 0 Å². The van der Waals surface area contributed by atoms with Gasteiger partial charge < -0.3 is 10.3 Å². The molecule has 0 aromatic rings. The summed E-state index contributed by atoms with van der Waals surface area (Å²) in [6, 6.07) is 0. The molecule has 5 nitrogen and oxygen atoms in total. The number of nitrogens with zero attached hydrogens (tertiary/aromatic N) is 1. The molecule has 1 atom stereocenters. The number of Topliss-reactive ketones (excluding diaryl/α,β-unsaturated/α-hetero) is 2. The van der Waals surface area contributed by atoms with E-state index in [0.717, 1.165) is 0 Å². The zero-order valence-corrected chi connectivity index (χ0v) is 13.1. The number of rotatable bonds is 3. The van der Waals surface area contributed by atoms with Gasteiger partial charge in [-0.2, -0.15) is 0 Å². The Hall–Kier alpha value is -1.23. The van der Waals surface area contributed by atoms with Crippen molar-refractivity contribution in [3.63, 3.8) is 0 Å². The monoisotopic (exact) mass is 283 g/mol. The van der Waals surface area contributed by atoms with E-state index in [4.69, 9.17) is 0 Å². The highest BCUT2D eigenvalue weighted by atomic mass is 16.4. The molecule has 0 spiro atoms. The van der Waals surface area contributed by atoms with Crippen molar-refractivity contribution in [2.75, 3.05) is 0 Å². The SMILES string of the molecule is CCC(C)/C(=N\O)C1C(=O)C(C)(C)C(O)C(C)(C)C1=O. The van der Waals surface area contributed by atoms with Gasteiger partial charge in [0.25, 0.3) is 0 Å². The van der Waals surface area contributed by atoms with Gasteiger partial charge in [-0.15, -0.1) is 0 Å². The van der Waals surface area contributed by atoms with Crippen LogP contribution < -0.4 is 0 Å². The van der Waals surface area contributed by atoms with E-state index in [2.05, 4.69) is 5.16 Å². The van der Waals surface area contributed by atoms with Crippen LogP contribution in [0.25, 0.3) is 0 Å². The highest BCUT2D eigenvalue weighted by molar-refractivity contribution is 6.25. The Morgan fingerprint density at radius 2 is 1.60 bits per heavy atom. The zero-order chi connectivity index (χ0) is 15.9. The molecule has 0 amide bonds. The normalized spacial score (nSPS) is 31.2. The minimum Gasteiger partial charge on any atom is -0.411 e. The van der Waals surface area contributed by atoms with Crippen molar-refractivity contribution in [3.8, 4) is 0 Å². The number of ketones is 2. The lowest BCUT2D eigenvalue weighted by atomic mass is 9.56. The topological polar surface area (TPSA) is 87.0 Å². The van der Waals surface area contributed by atoms with E-state index in [9.17, 15) is 19.9 Å². The molecule has 0 bridgehead atoms. The summed E-state index contributed by atoms with van der Waals surface area (Å²) < 4.78 is 0. The largest absolute Gasteiger partial charge is 0.411 e. The molecule has 0 aromatic heterocycles. The first kappa shape index (κ1) is 16.8. The van der Waals surface area contributed by atoms with Crippen LogP contribution in [0.4, 0.5) is 0 Å². The van der Waals surface area contributed by atoms with Crippen LogP contribution in [0.2, 0.25) is 0 Å². The van der Waals surface area contributed by atoms with Crippen LogP contribution in [0.3, 0.4) is 0 Å². The van der Waals surface area contributed by atoms with Crippen LogP contribution in [-0.4, -0.2) is 33.7 Å². The van der Waals surface area contributed by atoms with E-state index in [1.54, 1.807) is 27.7 Å². The number of aliphatic hydroxyl groups excluding tert-OH is 1. The molecular formula is C15H25NO4. The smallest absolute Gasteiger partial charge is 0.157 e. The zero-order valence-electron chi connectivity index (χ0n) is 13.1. The van der Waals surface area contributed by atoms with Crippen LogP contribution in [0.15, 0.2) is 5.16 Å². The predicted octanol–water partition coefficient (Wildman–Crippen LogP) is 2.04. The fraction of sp³-hybridized carbons (Fsp3) is 0.800. The lowest BCUT2D eigenvalue weighted by Gasteiger charge is -2.47. The van der Waals surface area contributed by atoms with E-state index in [1.165, 1.54) is 0 Å². The molecule has 0 aromatic carbocycles. The maximum Gasteiger partial charge on any atom is 0.157 e. The Balaban J connectivity index is 3.39. The molecule has 5 heteroatoms. The van der Waals surface area contributed by atoms with Gasteiger partial charge in [0.2, 0.25) is 0 Å². The molecule has 1 rings (SSSR count). The number of carbonyl (C=O) groups excluding carboxylic acids is 2. The summed E-state index contributed by atoms with van der Waals surface area (Å²) in [5.74, 6) is -1.98. The summed E-state index contributed by atoms with van der Waals surface area (Å²) in [7, 11) is 0. The highest BCUT2D eigenvalue weighted by Crippen LogP contribution is 2.45. The molecule has 1 aliphatic carbocycles. The van der Waals surface area contributed by atoms with Crippen LogP contribution in [0, 0.1) is 22.7 Å². The van der Waals surface area contributed by atoms with Gasteiger partial charge >= 0.3 is 0 Å². The minimum atomic E-state index is -1.07. The van der Waals surface area contributed by atoms with Gasteiger partial charge in [0.15, 0.2) is 11.6 Å². The first-order chi connectivity index (χ1) is 9.03. The second-order valence-corrected chi connectivity index (χ2v) is 6.84. The molecule has 0 heterocycles. The Kier molecular flexibility index (Phi) is 4.44. The molecule has 20 heavy (non-hydrogen) atoms. The summed E-state index contributed by atoms with van der Waals surface area (Å²) in [5.41, 5.74) is -1.90. The van der Waals surface area contributed by atoms with Crippen molar-refractivity contribution in [2.45, 2.75) is 54.1 Å². The summed E-state index contributed by atoms with van der Waals surface area (Å²) in [4.78, 5) is 25.2. The van der Waals surface area contributed by atoms with Crippen LogP contribution >= 0.6 is 0 Å². The third-order valence-electron chi connectivity index (χ3n) is 4.69. The van der Waals surface area contributed by atoms with Crippen molar-refractivity contribution in [3.05, 3.63) is 0 Å². The van der Waals surface area contributed by atoms with Gasteiger partial charge in [0.1, 0.15) is 5.92 Å². The molecule has 0 radical (unpaired) electrons. The molecule has 1 aliphatic rings. The summed E-state index contributed by atoms with van der Waals surface area (Å²) in [6.07, 6.45) is -0.386. The maximum atomic E-state index is 12.6. The van der Waals surface area contributed by atoms with Crippen molar-refractivity contribution in [2.24, 2.45) is 27.8 Å². The number of carbonyl (C=O) groups is 2. The van der Waals surface area contributed by atoms with Gasteiger partial charge in [-0.25, -0.2) is 0 Å². The number of aliphatic hydroxyl groups is 1. The molecular weight excluding hydrogens is 258 g/mol. The van der Waals surface area contributed by atoms with Gasteiger partial charge in [-0.1, -0.05) is 46.7 Å².